The lowest BCUT2D eigenvalue weighted by atomic mass is 10.1. The fourth-order valence-corrected chi connectivity index (χ4v) is 4.07. The fourth-order valence-electron chi connectivity index (χ4n) is 2.80. The van der Waals surface area contributed by atoms with Crippen LogP contribution in [0.4, 0.5) is 5.69 Å². The van der Waals surface area contributed by atoms with Crippen molar-refractivity contribution in [3.8, 4) is 11.5 Å². The van der Waals surface area contributed by atoms with E-state index in [0.29, 0.717) is 20.7 Å². The van der Waals surface area contributed by atoms with E-state index in [1.165, 1.54) is 11.8 Å². The molecule has 6 heteroatoms. The van der Waals surface area contributed by atoms with E-state index in [0.717, 1.165) is 23.2 Å². The standard InChI is InChI=1S/C20H19NO3S2/c1-4-13-7-5-6-8-16(13)21-19(22)18(26-20(21)25)12-14-11-15(23-2)9-10-17(14)24-3/h5-12H,4H2,1-3H3/b18-12-. The molecule has 1 saturated heterocycles. The lowest BCUT2D eigenvalue weighted by molar-refractivity contribution is -0.113. The number of carbonyl (C=O) groups excluding carboxylic acids is 1. The molecular formula is C20H19NO3S2. The second kappa shape index (κ2) is 7.93. The van der Waals surface area contributed by atoms with Crippen LogP contribution < -0.4 is 14.4 Å². The van der Waals surface area contributed by atoms with Crippen molar-refractivity contribution in [1.82, 2.24) is 0 Å². The Labute approximate surface area is 162 Å². The number of para-hydroxylation sites is 1. The van der Waals surface area contributed by atoms with Gasteiger partial charge in [-0.15, -0.1) is 0 Å². The van der Waals surface area contributed by atoms with Gasteiger partial charge in [0, 0.05) is 5.56 Å². The normalized spacial score (nSPS) is 15.7. The molecule has 2 aromatic carbocycles. The van der Waals surface area contributed by atoms with Gasteiger partial charge in [-0.3, -0.25) is 9.69 Å². The number of hydrogen-bond acceptors (Lipinski definition) is 5. The first-order chi connectivity index (χ1) is 12.6. The van der Waals surface area contributed by atoms with Crippen LogP contribution in [0.2, 0.25) is 0 Å². The van der Waals surface area contributed by atoms with Gasteiger partial charge >= 0.3 is 0 Å². The molecule has 0 atom stereocenters. The van der Waals surface area contributed by atoms with Gasteiger partial charge in [-0.05, 0) is 42.3 Å². The summed E-state index contributed by atoms with van der Waals surface area (Å²) in [5.74, 6) is 1.25. The summed E-state index contributed by atoms with van der Waals surface area (Å²) in [5, 5.41) is 0. The molecule has 0 aliphatic carbocycles. The molecule has 0 unspecified atom stereocenters. The Bertz CT molecular complexity index is 892. The van der Waals surface area contributed by atoms with Gasteiger partial charge < -0.3 is 9.47 Å². The van der Waals surface area contributed by atoms with E-state index in [1.807, 2.05) is 42.5 Å². The molecule has 0 radical (unpaired) electrons. The minimum Gasteiger partial charge on any atom is -0.497 e. The van der Waals surface area contributed by atoms with Gasteiger partial charge in [0.05, 0.1) is 24.8 Å². The molecule has 3 rings (SSSR count). The first kappa shape index (κ1) is 18.5. The topological polar surface area (TPSA) is 38.8 Å². The first-order valence-electron chi connectivity index (χ1n) is 8.17. The third-order valence-electron chi connectivity index (χ3n) is 4.13. The molecule has 2 aromatic rings. The average Bonchev–Trinajstić information content (AvgIpc) is 2.94. The predicted octanol–water partition coefficient (Wildman–Crippen LogP) is 4.67. The summed E-state index contributed by atoms with van der Waals surface area (Å²) in [6.07, 6.45) is 2.63. The van der Waals surface area contributed by atoms with E-state index in [4.69, 9.17) is 21.7 Å². The number of thioether (sulfide) groups is 1. The van der Waals surface area contributed by atoms with E-state index in [1.54, 1.807) is 25.2 Å². The number of rotatable bonds is 5. The van der Waals surface area contributed by atoms with Crippen molar-refractivity contribution in [3.05, 3.63) is 58.5 Å². The Morgan fingerprint density at radius 3 is 2.62 bits per heavy atom. The third-order valence-corrected chi connectivity index (χ3v) is 5.43. The summed E-state index contributed by atoms with van der Waals surface area (Å²) in [6.45, 7) is 2.06. The van der Waals surface area contributed by atoms with Crippen LogP contribution in [0.1, 0.15) is 18.1 Å². The number of benzene rings is 2. The van der Waals surface area contributed by atoms with E-state index in [2.05, 4.69) is 6.92 Å². The highest BCUT2D eigenvalue weighted by Gasteiger charge is 2.34. The van der Waals surface area contributed by atoms with Crippen molar-refractivity contribution >= 4 is 46.0 Å². The Morgan fingerprint density at radius 1 is 1.15 bits per heavy atom. The zero-order chi connectivity index (χ0) is 18.7. The highest BCUT2D eigenvalue weighted by Crippen LogP contribution is 2.38. The Kier molecular flexibility index (Phi) is 5.64. The molecule has 0 N–H and O–H groups in total. The number of amides is 1. The highest BCUT2D eigenvalue weighted by atomic mass is 32.2. The lowest BCUT2D eigenvalue weighted by Crippen LogP contribution is -2.28. The summed E-state index contributed by atoms with van der Waals surface area (Å²) >= 11 is 6.78. The smallest absolute Gasteiger partial charge is 0.270 e. The van der Waals surface area contributed by atoms with E-state index in [-0.39, 0.29) is 5.91 Å². The van der Waals surface area contributed by atoms with Gasteiger partial charge in [0.15, 0.2) is 4.32 Å². The SMILES string of the molecule is CCc1ccccc1N1C(=O)/C(=C/c2cc(OC)ccc2OC)SC1=S. The van der Waals surface area contributed by atoms with Gasteiger partial charge in [-0.1, -0.05) is 49.1 Å². The maximum absolute atomic E-state index is 13.0. The third kappa shape index (κ3) is 3.48. The van der Waals surface area contributed by atoms with E-state index in [9.17, 15) is 4.79 Å². The van der Waals surface area contributed by atoms with Gasteiger partial charge in [-0.2, -0.15) is 0 Å². The van der Waals surface area contributed by atoms with Crippen molar-refractivity contribution < 1.29 is 14.3 Å². The molecule has 0 spiro atoms. The molecule has 4 nitrogen and oxygen atoms in total. The molecule has 1 aliphatic heterocycles. The number of methoxy groups -OCH3 is 2. The van der Waals surface area contributed by atoms with Crippen LogP contribution in [0.15, 0.2) is 47.4 Å². The predicted molar refractivity (Wildman–Crippen MR) is 111 cm³/mol. The number of carbonyl (C=O) groups is 1. The Hall–Kier alpha value is -2.31. The van der Waals surface area contributed by atoms with Crippen LogP contribution in [0, 0.1) is 0 Å². The number of thiocarbonyl (C=S) groups is 1. The molecule has 0 bridgehead atoms. The maximum atomic E-state index is 13.0. The number of nitrogens with zero attached hydrogens (tertiary/aromatic N) is 1. The molecular weight excluding hydrogens is 366 g/mol. The van der Waals surface area contributed by atoms with Crippen LogP contribution in [-0.2, 0) is 11.2 Å². The molecule has 1 amide bonds. The van der Waals surface area contributed by atoms with Crippen LogP contribution in [0.3, 0.4) is 0 Å². The van der Waals surface area contributed by atoms with E-state index < -0.39 is 0 Å². The van der Waals surface area contributed by atoms with Crippen LogP contribution in [-0.4, -0.2) is 24.4 Å². The number of anilines is 1. The van der Waals surface area contributed by atoms with Gasteiger partial charge in [0.1, 0.15) is 11.5 Å². The summed E-state index contributed by atoms with van der Waals surface area (Å²) in [6, 6.07) is 13.3. The maximum Gasteiger partial charge on any atom is 0.270 e. The summed E-state index contributed by atoms with van der Waals surface area (Å²) in [5.41, 5.74) is 2.71. The number of aryl methyl sites for hydroxylation is 1. The van der Waals surface area contributed by atoms with Crippen LogP contribution >= 0.6 is 24.0 Å². The minimum absolute atomic E-state index is 0.120. The van der Waals surface area contributed by atoms with Gasteiger partial charge in [-0.25, -0.2) is 0 Å². The zero-order valence-corrected chi connectivity index (χ0v) is 16.4. The molecule has 1 fully saturated rings. The minimum atomic E-state index is -0.120. The van der Waals surface area contributed by atoms with Gasteiger partial charge in [0.25, 0.3) is 5.91 Å². The summed E-state index contributed by atoms with van der Waals surface area (Å²) < 4.78 is 11.2. The van der Waals surface area contributed by atoms with Crippen molar-refractivity contribution in [2.75, 3.05) is 19.1 Å². The molecule has 0 saturated carbocycles. The fraction of sp³-hybridized carbons (Fsp3) is 0.200. The quantitative estimate of drug-likeness (QED) is 0.552. The monoisotopic (exact) mass is 385 g/mol. The van der Waals surface area contributed by atoms with Crippen LogP contribution in [0.5, 0.6) is 11.5 Å². The molecule has 134 valence electrons. The summed E-state index contributed by atoms with van der Waals surface area (Å²) in [4.78, 5) is 15.2. The lowest BCUT2D eigenvalue weighted by Gasteiger charge is -2.18. The highest BCUT2D eigenvalue weighted by molar-refractivity contribution is 8.27. The Morgan fingerprint density at radius 2 is 1.92 bits per heavy atom. The molecule has 0 aromatic heterocycles. The molecule has 1 aliphatic rings. The van der Waals surface area contributed by atoms with Gasteiger partial charge in [0.2, 0.25) is 0 Å². The molecule has 26 heavy (non-hydrogen) atoms. The van der Waals surface area contributed by atoms with Crippen molar-refractivity contribution in [2.45, 2.75) is 13.3 Å². The first-order valence-corrected chi connectivity index (χ1v) is 9.39. The zero-order valence-electron chi connectivity index (χ0n) is 14.8. The largest absolute Gasteiger partial charge is 0.497 e. The summed E-state index contributed by atoms with van der Waals surface area (Å²) in [7, 11) is 3.20. The second-order valence-electron chi connectivity index (χ2n) is 5.61. The van der Waals surface area contributed by atoms with Crippen molar-refractivity contribution in [2.24, 2.45) is 0 Å². The second-order valence-corrected chi connectivity index (χ2v) is 7.28. The number of hydrogen-bond donors (Lipinski definition) is 0. The van der Waals surface area contributed by atoms with Crippen molar-refractivity contribution in [3.63, 3.8) is 0 Å². The van der Waals surface area contributed by atoms with E-state index >= 15 is 0 Å². The average molecular weight is 386 g/mol. The van der Waals surface area contributed by atoms with Crippen LogP contribution in [0.25, 0.3) is 6.08 Å². The Balaban J connectivity index is 2.00. The van der Waals surface area contributed by atoms with Crippen molar-refractivity contribution in [1.29, 1.82) is 0 Å². The number of ether oxygens (including phenoxy) is 2. The molecule has 1 heterocycles.